The Morgan fingerprint density at radius 1 is 1.25 bits per heavy atom. The number of fused-ring (bicyclic) bond motifs is 1. The van der Waals surface area contributed by atoms with Gasteiger partial charge in [-0.15, -0.1) is 5.10 Å². The molecule has 1 amide bonds. The summed E-state index contributed by atoms with van der Waals surface area (Å²) in [5, 5.41) is 11.4. The molecule has 1 aliphatic rings. The quantitative estimate of drug-likeness (QED) is 0.465. The molecule has 4 rings (SSSR count). The molecule has 166 valence electrons. The Morgan fingerprint density at radius 3 is 2.72 bits per heavy atom. The van der Waals surface area contributed by atoms with Gasteiger partial charge in [-0.3, -0.25) is 4.79 Å². The summed E-state index contributed by atoms with van der Waals surface area (Å²) in [5.74, 6) is 0.339. The summed E-state index contributed by atoms with van der Waals surface area (Å²) in [7, 11) is 0. The lowest BCUT2D eigenvalue weighted by molar-refractivity contribution is -0.113. The lowest BCUT2D eigenvalue weighted by Crippen LogP contribution is -2.32. The van der Waals surface area contributed by atoms with Crippen molar-refractivity contribution in [3.05, 3.63) is 75.2 Å². The van der Waals surface area contributed by atoms with Gasteiger partial charge in [-0.25, -0.2) is 9.07 Å². The van der Waals surface area contributed by atoms with Gasteiger partial charge in [0.05, 0.1) is 5.57 Å². The van der Waals surface area contributed by atoms with Gasteiger partial charge in [-0.2, -0.15) is 4.98 Å². The van der Waals surface area contributed by atoms with Crippen LogP contribution in [0.3, 0.4) is 0 Å². The Labute approximate surface area is 195 Å². The van der Waals surface area contributed by atoms with Crippen molar-refractivity contribution in [1.82, 2.24) is 14.8 Å². The van der Waals surface area contributed by atoms with Gasteiger partial charge in [0, 0.05) is 22.0 Å². The first-order valence-electron chi connectivity index (χ1n) is 10.2. The molecule has 2 heterocycles. The number of hydrogen-bond donors (Lipinski definition) is 2. The van der Waals surface area contributed by atoms with Gasteiger partial charge >= 0.3 is 0 Å². The van der Waals surface area contributed by atoms with E-state index in [2.05, 4.69) is 20.7 Å². The van der Waals surface area contributed by atoms with E-state index in [1.807, 2.05) is 39.0 Å². The van der Waals surface area contributed by atoms with Crippen molar-refractivity contribution >= 4 is 40.9 Å². The number of hydrogen-bond acceptors (Lipinski definition) is 5. The number of aryl methyl sites for hydroxylation is 1. The fourth-order valence-corrected chi connectivity index (χ4v) is 4.55. The number of anilines is 2. The van der Waals surface area contributed by atoms with Crippen LogP contribution in [0.15, 0.2) is 52.8 Å². The van der Waals surface area contributed by atoms with Gasteiger partial charge in [0.1, 0.15) is 11.9 Å². The molecule has 1 unspecified atom stereocenters. The van der Waals surface area contributed by atoms with Gasteiger partial charge < -0.3 is 10.6 Å². The van der Waals surface area contributed by atoms with Crippen molar-refractivity contribution in [2.45, 2.75) is 38.9 Å². The molecular weight excluding hydrogens is 449 g/mol. The maximum absolute atomic E-state index is 15.1. The molecule has 1 aromatic heterocycles. The largest absolute Gasteiger partial charge is 0.328 e. The second kappa shape index (κ2) is 8.96. The topological polar surface area (TPSA) is 71.8 Å². The van der Waals surface area contributed by atoms with Gasteiger partial charge in [0.15, 0.2) is 0 Å². The second-order valence-electron chi connectivity index (χ2n) is 7.50. The average molecular weight is 472 g/mol. The van der Waals surface area contributed by atoms with Crippen molar-refractivity contribution < 1.29 is 9.18 Å². The summed E-state index contributed by atoms with van der Waals surface area (Å²) < 4.78 is 16.6. The number of allylic oxidation sites excluding steroid dienone is 1. The van der Waals surface area contributed by atoms with Crippen molar-refractivity contribution in [1.29, 1.82) is 0 Å². The van der Waals surface area contributed by atoms with Crippen LogP contribution < -0.4 is 10.6 Å². The normalized spacial score (nSPS) is 15.4. The standard InChI is InChI=1S/C23H23ClFN5OS/c1-5-32-23-28-22-26-14(4)18(21(31)27-17-11-6-8-12(2)13(17)3)20(30(22)29-23)19-15(24)9-7-10-16(19)25/h6-11,20H,5H2,1-4H3,(H,27,31)(H,26,28,29). The van der Waals surface area contributed by atoms with Crippen LogP contribution in [-0.2, 0) is 4.79 Å². The predicted octanol–water partition coefficient (Wildman–Crippen LogP) is 5.73. The highest BCUT2D eigenvalue weighted by Gasteiger charge is 2.37. The van der Waals surface area contributed by atoms with E-state index in [1.54, 1.807) is 13.0 Å². The maximum atomic E-state index is 15.1. The molecule has 2 N–H and O–H groups in total. The van der Waals surface area contributed by atoms with Crippen LogP contribution in [0.2, 0.25) is 5.02 Å². The minimum Gasteiger partial charge on any atom is -0.328 e. The Morgan fingerprint density at radius 2 is 2.00 bits per heavy atom. The number of thioether (sulfide) groups is 1. The summed E-state index contributed by atoms with van der Waals surface area (Å²) >= 11 is 7.90. The number of halogens is 2. The molecule has 0 saturated carbocycles. The number of carbonyl (C=O) groups excluding carboxylic acids is 1. The van der Waals surface area contributed by atoms with E-state index in [0.29, 0.717) is 28.1 Å². The average Bonchev–Trinajstić information content (AvgIpc) is 3.13. The highest BCUT2D eigenvalue weighted by Crippen LogP contribution is 2.40. The Hall–Kier alpha value is -2.84. The number of amides is 1. The zero-order valence-corrected chi connectivity index (χ0v) is 19.7. The molecule has 9 heteroatoms. The molecule has 3 aromatic rings. The third-order valence-corrected chi connectivity index (χ3v) is 6.53. The van der Waals surface area contributed by atoms with Crippen molar-refractivity contribution in [2.24, 2.45) is 0 Å². The fourth-order valence-electron chi connectivity index (χ4n) is 3.73. The lowest BCUT2D eigenvalue weighted by atomic mass is 9.94. The van der Waals surface area contributed by atoms with E-state index in [9.17, 15) is 4.79 Å². The zero-order valence-electron chi connectivity index (χ0n) is 18.2. The minimum absolute atomic E-state index is 0.181. The molecule has 32 heavy (non-hydrogen) atoms. The molecule has 0 spiro atoms. The van der Waals surface area contributed by atoms with Crippen LogP contribution in [0.1, 0.15) is 36.6 Å². The number of carbonyl (C=O) groups is 1. The summed E-state index contributed by atoms with van der Waals surface area (Å²) in [6, 6.07) is 9.31. The summed E-state index contributed by atoms with van der Waals surface area (Å²) in [6.45, 7) is 7.69. The first-order chi connectivity index (χ1) is 15.3. The highest BCUT2D eigenvalue weighted by molar-refractivity contribution is 7.99. The lowest BCUT2D eigenvalue weighted by Gasteiger charge is -2.29. The number of aromatic nitrogens is 3. The van der Waals surface area contributed by atoms with E-state index in [0.717, 1.165) is 16.9 Å². The zero-order chi connectivity index (χ0) is 23.0. The molecule has 6 nitrogen and oxygen atoms in total. The van der Waals surface area contributed by atoms with Crippen molar-refractivity contribution in [3.8, 4) is 0 Å². The number of nitrogens with zero attached hydrogens (tertiary/aromatic N) is 3. The van der Waals surface area contributed by atoms with E-state index in [4.69, 9.17) is 11.6 Å². The minimum atomic E-state index is -0.872. The van der Waals surface area contributed by atoms with Crippen LogP contribution in [0.5, 0.6) is 0 Å². The molecule has 1 atom stereocenters. The highest BCUT2D eigenvalue weighted by atomic mass is 35.5. The van der Waals surface area contributed by atoms with E-state index in [-0.39, 0.29) is 16.5 Å². The number of benzene rings is 2. The van der Waals surface area contributed by atoms with Gasteiger partial charge in [-0.05, 0) is 55.9 Å². The maximum Gasteiger partial charge on any atom is 0.255 e. The Bertz CT molecular complexity index is 1220. The molecule has 0 aliphatic carbocycles. The van der Waals surface area contributed by atoms with Crippen LogP contribution in [-0.4, -0.2) is 26.4 Å². The first-order valence-corrected chi connectivity index (χ1v) is 11.6. The molecule has 0 saturated heterocycles. The molecule has 0 fully saturated rings. The Balaban J connectivity index is 1.85. The first kappa shape index (κ1) is 22.4. The predicted molar refractivity (Wildman–Crippen MR) is 127 cm³/mol. The van der Waals surface area contributed by atoms with Gasteiger partial charge in [0.25, 0.3) is 5.91 Å². The van der Waals surface area contributed by atoms with E-state index >= 15 is 4.39 Å². The summed E-state index contributed by atoms with van der Waals surface area (Å²) in [6.07, 6.45) is 0. The van der Waals surface area contributed by atoms with E-state index in [1.165, 1.54) is 28.6 Å². The second-order valence-corrected chi connectivity index (χ2v) is 9.14. The van der Waals surface area contributed by atoms with Gasteiger partial charge in [0.2, 0.25) is 11.1 Å². The van der Waals surface area contributed by atoms with Crippen molar-refractivity contribution in [3.63, 3.8) is 0 Å². The third kappa shape index (κ3) is 4.00. The molecular formula is C23H23ClFN5OS. The molecule has 0 radical (unpaired) electrons. The third-order valence-electron chi connectivity index (χ3n) is 5.48. The fraction of sp³-hybridized carbons (Fsp3) is 0.261. The van der Waals surface area contributed by atoms with Crippen LogP contribution in [0.25, 0.3) is 0 Å². The number of rotatable bonds is 5. The summed E-state index contributed by atoms with van der Waals surface area (Å²) in [4.78, 5) is 18.1. The van der Waals surface area contributed by atoms with Crippen LogP contribution >= 0.6 is 23.4 Å². The smallest absolute Gasteiger partial charge is 0.255 e. The number of nitrogens with one attached hydrogen (secondary N) is 2. The summed E-state index contributed by atoms with van der Waals surface area (Å²) in [5.41, 5.74) is 3.78. The van der Waals surface area contributed by atoms with Gasteiger partial charge in [-0.1, -0.05) is 48.5 Å². The Kier molecular flexibility index (Phi) is 6.26. The molecule has 1 aliphatic heterocycles. The van der Waals surface area contributed by atoms with E-state index < -0.39 is 11.9 Å². The van der Waals surface area contributed by atoms with Crippen LogP contribution in [0.4, 0.5) is 16.0 Å². The monoisotopic (exact) mass is 471 g/mol. The molecule has 2 aromatic carbocycles. The molecule has 0 bridgehead atoms. The van der Waals surface area contributed by atoms with Crippen LogP contribution in [0, 0.1) is 19.7 Å². The SMILES string of the molecule is CCSc1nc2n(n1)C(c1c(F)cccc1Cl)C(C(=O)Nc1cccc(C)c1C)=C(C)N2. The van der Waals surface area contributed by atoms with Crippen molar-refractivity contribution in [2.75, 3.05) is 16.4 Å².